The minimum atomic E-state index is -0.387. The predicted octanol–water partition coefficient (Wildman–Crippen LogP) is 3.90. The van der Waals surface area contributed by atoms with E-state index in [1.165, 1.54) is 18.1 Å². The van der Waals surface area contributed by atoms with E-state index in [2.05, 4.69) is 22.0 Å². The van der Waals surface area contributed by atoms with Crippen molar-refractivity contribution in [3.63, 3.8) is 0 Å². The maximum atomic E-state index is 12.1. The van der Waals surface area contributed by atoms with Crippen LogP contribution in [-0.4, -0.2) is 32.0 Å². The number of amides is 1. The molecule has 2 aromatic rings. The summed E-state index contributed by atoms with van der Waals surface area (Å²) in [5, 5.41) is 18.5. The summed E-state index contributed by atoms with van der Waals surface area (Å²) in [7, 11) is 4.67. The van der Waals surface area contributed by atoms with Crippen LogP contribution in [0.2, 0.25) is 0 Å². The van der Waals surface area contributed by atoms with Gasteiger partial charge >= 0.3 is 0 Å². The number of carbonyl (C=O) groups excluding carboxylic acids is 1. The third-order valence-electron chi connectivity index (χ3n) is 3.86. The molecule has 142 valence electrons. The number of hydrogen-bond donors (Lipinski definition) is 0. The third kappa shape index (κ3) is 4.91. The van der Waals surface area contributed by atoms with Crippen molar-refractivity contribution in [2.24, 2.45) is 0 Å². The molecule has 28 heavy (non-hydrogen) atoms. The van der Waals surface area contributed by atoms with Crippen molar-refractivity contribution in [2.45, 2.75) is 6.61 Å². The Labute approximate surface area is 172 Å². The monoisotopic (exact) mass is 439 g/mol. The van der Waals surface area contributed by atoms with Gasteiger partial charge in [-0.05, 0) is 29.8 Å². The second kappa shape index (κ2) is 9.59. The number of ether oxygens (including phenoxy) is 2. The van der Waals surface area contributed by atoms with Gasteiger partial charge in [0.25, 0.3) is 5.91 Å². The minimum Gasteiger partial charge on any atom is -0.493 e. The smallest absolute Gasteiger partial charge is 0.264 e. The van der Waals surface area contributed by atoms with Crippen LogP contribution in [0.15, 0.2) is 46.4 Å². The number of nitriles is 2. The van der Waals surface area contributed by atoms with Crippen molar-refractivity contribution in [1.29, 1.82) is 10.5 Å². The standard InChI is InChI=1S/C21H18BrN3O3/c1-25(2)21(26)17(12-24)8-16-9-19(27-3)20(10-18(16)22)28-13-15-7-5-4-6-14(15)11-23/h4-10H,13H2,1-3H3/b17-8+. The van der Waals surface area contributed by atoms with Crippen LogP contribution in [0.25, 0.3) is 6.08 Å². The fourth-order valence-corrected chi connectivity index (χ4v) is 2.82. The van der Waals surface area contributed by atoms with Crippen molar-refractivity contribution in [1.82, 2.24) is 4.90 Å². The Balaban J connectivity index is 2.35. The summed E-state index contributed by atoms with van der Waals surface area (Å²) in [6, 6.07) is 14.6. The van der Waals surface area contributed by atoms with Crippen molar-refractivity contribution < 1.29 is 14.3 Å². The first-order valence-corrected chi connectivity index (χ1v) is 9.02. The summed E-state index contributed by atoms with van der Waals surface area (Å²) in [4.78, 5) is 13.4. The molecule has 0 aliphatic heterocycles. The predicted molar refractivity (Wildman–Crippen MR) is 108 cm³/mol. The zero-order valence-electron chi connectivity index (χ0n) is 15.7. The van der Waals surface area contributed by atoms with Crippen LogP contribution in [0.1, 0.15) is 16.7 Å². The van der Waals surface area contributed by atoms with Gasteiger partial charge < -0.3 is 14.4 Å². The zero-order chi connectivity index (χ0) is 20.7. The Kier molecular flexibility index (Phi) is 7.20. The van der Waals surface area contributed by atoms with Crippen molar-refractivity contribution in [3.05, 3.63) is 63.1 Å². The van der Waals surface area contributed by atoms with Crippen molar-refractivity contribution >= 4 is 27.9 Å². The molecule has 2 rings (SSSR count). The van der Waals surface area contributed by atoms with Crippen molar-refractivity contribution in [3.8, 4) is 23.6 Å². The molecule has 0 fully saturated rings. The Morgan fingerprint density at radius 3 is 2.54 bits per heavy atom. The molecule has 7 heteroatoms. The number of likely N-dealkylation sites (N-methyl/N-ethyl adjacent to an activating group) is 1. The molecule has 0 N–H and O–H groups in total. The van der Waals surface area contributed by atoms with Gasteiger partial charge in [-0.15, -0.1) is 0 Å². The van der Waals surface area contributed by atoms with Crippen LogP contribution >= 0.6 is 15.9 Å². The van der Waals surface area contributed by atoms with E-state index in [4.69, 9.17) is 9.47 Å². The number of benzene rings is 2. The SMILES string of the molecule is COc1cc(/C=C(\C#N)C(=O)N(C)C)c(Br)cc1OCc1ccccc1C#N. The van der Waals surface area contributed by atoms with E-state index in [0.29, 0.717) is 27.1 Å². The molecule has 0 bridgehead atoms. The first kappa shape index (κ1) is 21.0. The lowest BCUT2D eigenvalue weighted by molar-refractivity contribution is -0.124. The molecule has 0 unspecified atom stereocenters. The molecular formula is C21H18BrN3O3. The lowest BCUT2D eigenvalue weighted by Gasteiger charge is -2.14. The summed E-state index contributed by atoms with van der Waals surface area (Å²) >= 11 is 3.44. The lowest BCUT2D eigenvalue weighted by Crippen LogP contribution is -2.22. The maximum absolute atomic E-state index is 12.1. The minimum absolute atomic E-state index is 0.00405. The van der Waals surface area contributed by atoms with Gasteiger partial charge in [0.2, 0.25) is 0 Å². The first-order valence-electron chi connectivity index (χ1n) is 8.23. The van der Waals surface area contributed by atoms with Crippen LogP contribution in [0.5, 0.6) is 11.5 Å². The van der Waals surface area contributed by atoms with Crippen molar-refractivity contribution in [2.75, 3.05) is 21.2 Å². The number of hydrogen-bond acceptors (Lipinski definition) is 5. The van der Waals surface area contributed by atoms with Gasteiger partial charge in [-0.2, -0.15) is 10.5 Å². The quantitative estimate of drug-likeness (QED) is 0.502. The fourth-order valence-electron chi connectivity index (χ4n) is 2.38. The summed E-state index contributed by atoms with van der Waals surface area (Å²) in [6.45, 7) is 0.199. The fraction of sp³-hybridized carbons (Fsp3) is 0.190. The molecule has 0 saturated carbocycles. The van der Waals surface area contributed by atoms with Crippen LogP contribution in [0, 0.1) is 22.7 Å². The van der Waals surface area contributed by atoms with Crippen LogP contribution < -0.4 is 9.47 Å². The Morgan fingerprint density at radius 1 is 1.21 bits per heavy atom. The summed E-state index contributed by atoms with van der Waals surface area (Å²) in [5.41, 5.74) is 1.91. The number of carbonyl (C=O) groups is 1. The molecule has 0 atom stereocenters. The summed E-state index contributed by atoms with van der Waals surface area (Å²) < 4.78 is 11.9. The van der Waals surface area contributed by atoms with E-state index in [1.54, 1.807) is 38.4 Å². The Bertz CT molecular complexity index is 1000. The second-order valence-corrected chi connectivity index (χ2v) is 6.81. The average molecular weight is 440 g/mol. The molecule has 0 aliphatic carbocycles. The summed E-state index contributed by atoms with van der Waals surface area (Å²) in [6.07, 6.45) is 1.49. The number of halogens is 1. The normalized spacial score (nSPS) is 10.6. The van der Waals surface area contributed by atoms with E-state index in [1.807, 2.05) is 18.2 Å². The van der Waals surface area contributed by atoms with E-state index >= 15 is 0 Å². The molecule has 0 heterocycles. The molecule has 0 spiro atoms. The van der Waals surface area contributed by atoms with E-state index in [-0.39, 0.29) is 18.1 Å². The molecular weight excluding hydrogens is 422 g/mol. The van der Waals surface area contributed by atoms with Gasteiger partial charge in [0.05, 0.1) is 18.7 Å². The highest BCUT2D eigenvalue weighted by Crippen LogP contribution is 2.35. The average Bonchev–Trinajstić information content (AvgIpc) is 2.70. The molecule has 1 amide bonds. The molecule has 6 nitrogen and oxygen atoms in total. The van der Waals surface area contributed by atoms with Gasteiger partial charge in [0.1, 0.15) is 18.2 Å². The highest BCUT2D eigenvalue weighted by Gasteiger charge is 2.15. The number of rotatable bonds is 6. The lowest BCUT2D eigenvalue weighted by atomic mass is 10.1. The van der Waals surface area contributed by atoms with Gasteiger partial charge in [-0.3, -0.25) is 4.79 Å². The van der Waals surface area contributed by atoms with Gasteiger partial charge in [-0.25, -0.2) is 0 Å². The Morgan fingerprint density at radius 2 is 1.93 bits per heavy atom. The van der Waals surface area contributed by atoms with Gasteiger partial charge in [0.15, 0.2) is 11.5 Å². The van der Waals surface area contributed by atoms with Gasteiger partial charge in [0, 0.05) is 24.1 Å². The van der Waals surface area contributed by atoms with E-state index in [9.17, 15) is 15.3 Å². The number of nitrogens with zero attached hydrogens (tertiary/aromatic N) is 3. The van der Waals surface area contributed by atoms with Crippen LogP contribution in [0.3, 0.4) is 0 Å². The molecule has 0 saturated heterocycles. The van der Waals surface area contributed by atoms with E-state index in [0.717, 1.165) is 5.56 Å². The van der Waals surface area contributed by atoms with E-state index < -0.39 is 0 Å². The molecule has 0 aromatic heterocycles. The first-order chi connectivity index (χ1) is 13.4. The second-order valence-electron chi connectivity index (χ2n) is 5.95. The third-order valence-corrected chi connectivity index (χ3v) is 4.55. The molecule has 0 radical (unpaired) electrons. The van der Waals surface area contributed by atoms with Crippen LogP contribution in [0.4, 0.5) is 0 Å². The molecule has 0 aliphatic rings. The Hall–Kier alpha value is -3.29. The van der Waals surface area contributed by atoms with Crippen LogP contribution in [-0.2, 0) is 11.4 Å². The molecule has 2 aromatic carbocycles. The topological polar surface area (TPSA) is 86.3 Å². The largest absolute Gasteiger partial charge is 0.493 e. The summed E-state index contributed by atoms with van der Waals surface area (Å²) in [5.74, 6) is 0.525. The highest BCUT2D eigenvalue weighted by molar-refractivity contribution is 9.10. The maximum Gasteiger partial charge on any atom is 0.264 e. The highest BCUT2D eigenvalue weighted by atomic mass is 79.9. The number of methoxy groups -OCH3 is 1. The zero-order valence-corrected chi connectivity index (χ0v) is 17.3. The van der Waals surface area contributed by atoms with Gasteiger partial charge in [-0.1, -0.05) is 34.1 Å².